The summed E-state index contributed by atoms with van der Waals surface area (Å²) in [7, 11) is 0. The minimum Gasteiger partial charge on any atom is -0.454 e. The highest BCUT2D eigenvalue weighted by molar-refractivity contribution is 8.01. The summed E-state index contributed by atoms with van der Waals surface area (Å²) in [6.07, 6.45) is 1.18. The van der Waals surface area contributed by atoms with Gasteiger partial charge in [0.15, 0.2) is 6.61 Å². The number of esters is 1. The number of halogens is 1. The van der Waals surface area contributed by atoms with Crippen LogP contribution in [0.4, 0.5) is 5.69 Å². The standard InChI is InChI=1S/C17H19ClN2O4S/c1-10-7-11(18)3-4-12(10)19-14(21)8-24-16(23)13-9-25-17(2)6-5-15(22)20(13)17/h3-4,7,13H,5-6,8-9H2,1-2H3,(H,19,21)/t13-,17+/m1/s1. The summed E-state index contributed by atoms with van der Waals surface area (Å²) in [6.45, 7) is 3.40. The van der Waals surface area contributed by atoms with Crippen LogP contribution in [0.3, 0.4) is 0 Å². The molecule has 2 saturated heterocycles. The second-order valence-corrected chi connectivity index (χ2v) is 8.32. The smallest absolute Gasteiger partial charge is 0.330 e. The summed E-state index contributed by atoms with van der Waals surface area (Å²) >= 11 is 7.47. The number of hydrogen-bond acceptors (Lipinski definition) is 5. The summed E-state index contributed by atoms with van der Waals surface area (Å²) < 4.78 is 5.14. The first-order valence-corrected chi connectivity index (χ1v) is 9.35. The molecule has 2 amide bonds. The van der Waals surface area contributed by atoms with Crippen molar-refractivity contribution >= 4 is 46.8 Å². The monoisotopic (exact) mass is 382 g/mol. The minimum atomic E-state index is -0.616. The number of thioether (sulfide) groups is 1. The Hall–Kier alpha value is -1.73. The molecule has 134 valence electrons. The van der Waals surface area contributed by atoms with Crippen molar-refractivity contribution in [3.8, 4) is 0 Å². The Kier molecular flexibility index (Phi) is 4.97. The van der Waals surface area contributed by atoms with Crippen molar-refractivity contribution in [1.82, 2.24) is 4.90 Å². The molecular weight excluding hydrogens is 364 g/mol. The molecule has 0 radical (unpaired) electrons. The summed E-state index contributed by atoms with van der Waals surface area (Å²) in [5.41, 5.74) is 1.43. The number of aryl methyl sites for hydroxylation is 1. The Balaban J connectivity index is 1.55. The Morgan fingerprint density at radius 1 is 1.48 bits per heavy atom. The van der Waals surface area contributed by atoms with Gasteiger partial charge in [0.1, 0.15) is 6.04 Å². The first-order valence-electron chi connectivity index (χ1n) is 7.99. The maximum atomic E-state index is 12.3. The molecule has 0 spiro atoms. The maximum absolute atomic E-state index is 12.3. The number of nitrogens with one attached hydrogen (secondary N) is 1. The van der Waals surface area contributed by atoms with E-state index in [0.29, 0.717) is 22.9 Å². The SMILES string of the molecule is Cc1cc(Cl)ccc1NC(=O)COC(=O)[C@H]1CS[C@@]2(C)CCC(=O)N12. The fraction of sp³-hybridized carbons (Fsp3) is 0.471. The van der Waals surface area contributed by atoms with E-state index in [-0.39, 0.29) is 17.4 Å². The molecule has 1 aromatic rings. The lowest BCUT2D eigenvalue weighted by atomic mass is 10.2. The number of anilines is 1. The van der Waals surface area contributed by atoms with Gasteiger partial charge in [0.2, 0.25) is 5.91 Å². The molecule has 0 aliphatic carbocycles. The van der Waals surface area contributed by atoms with Gasteiger partial charge in [-0.15, -0.1) is 11.8 Å². The molecule has 2 atom stereocenters. The van der Waals surface area contributed by atoms with Crippen molar-refractivity contribution in [3.05, 3.63) is 28.8 Å². The average molecular weight is 383 g/mol. The zero-order valence-corrected chi connectivity index (χ0v) is 15.6. The second kappa shape index (κ2) is 6.88. The molecule has 6 nitrogen and oxygen atoms in total. The quantitative estimate of drug-likeness (QED) is 0.810. The Morgan fingerprint density at radius 3 is 2.96 bits per heavy atom. The molecular formula is C17H19ClN2O4S. The molecule has 0 aromatic heterocycles. The van der Waals surface area contributed by atoms with Crippen LogP contribution < -0.4 is 5.32 Å². The van der Waals surface area contributed by atoms with E-state index >= 15 is 0 Å². The van der Waals surface area contributed by atoms with Crippen LogP contribution in [0.25, 0.3) is 0 Å². The Bertz CT molecular complexity index is 741. The number of hydrogen-bond donors (Lipinski definition) is 1. The summed E-state index contributed by atoms with van der Waals surface area (Å²) in [6, 6.07) is 4.49. The van der Waals surface area contributed by atoms with Crippen molar-refractivity contribution in [2.75, 3.05) is 17.7 Å². The van der Waals surface area contributed by atoms with E-state index in [9.17, 15) is 14.4 Å². The van der Waals surface area contributed by atoms with E-state index in [1.807, 2.05) is 13.8 Å². The van der Waals surface area contributed by atoms with Gasteiger partial charge in [-0.25, -0.2) is 4.79 Å². The number of amides is 2. The van der Waals surface area contributed by atoms with Crippen LogP contribution >= 0.6 is 23.4 Å². The van der Waals surface area contributed by atoms with E-state index in [1.54, 1.807) is 34.9 Å². The molecule has 8 heteroatoms. The van der Waals surface area contributed by atoms with Crippen LogP contribution in [0.5, 0.6) is 0 Å². The maximum Gasteiger partial charge on any atom is 0.330 e. The van der Waals surface area contributed by atoms with Crippen LogP contribution in [0.2, 0.25) is 5.02 Å². The Labute approximate surface area is 155 Å². The third-order valence-electron chi connectivity index (χ3n) is 4.52. The third kappa shape index (κ3) is 3.62. The molecule has 1 aromatic carbocycles. The van der Waals surface area contributed by atoms with Crippen molar-refractivity contribution in [3.63, 3.8) is 0 Å². The van der Waals surface area contributed by atoms with Crippen LogP contribution in [0, 0.1) is 6.92 Å². The van der Waals surface area contributed by atoms with Crippen molar-refractivity contribution < 1.29 is 19.1 Å². The van der Waals surface area contributed by atoms with Gasteiger partial charge < -0.3 is 15.0 Å². The number of fused-ring (bicyclic) bond motifs is 1. The molecule has 2 fully saturated rings. The van der Waals surface area contributed by atoms with E-state index in [1.165, 1.54) is 0 Å². The van der Waals surface area contributed by atoms with Gasteiger partial charge in [0, 0.05) is 22.9 Å². The predicted molar refractivity (Wildman–Crippen MR) is 96.5 cm³/mol. The highest BCUT2D eigenvalue weighted by Gasteiger charge is 2.53. The van der Waals surface area contributed by atoms with Crippen LogP contribution in [-0.2, 0) is 19.1 Å². The number of carbonyl (C=O) groups is 3. The lowest BCUT2D eigenvalue weighted by molar-refractivity contribution is -0.155. The molecule has 2 aliphatic heterocycles. The molecule has 2 heterocycles. The topological polar surface area (TPSA) is 75.7 Å². The summed E-state index contributed by atoms with van der Waals surface area (Å²) in [5.74, 6) is -0.496. The average Bonchev–Trinajstić information content (AvgIpc) is 3.04. The fourth-order valence-corrected chi connectivity index (χ4v) is 4.82. The van der Waals surface area contributed by atoms with Crippen LogP contribution in [-0.4, -0.2) is 46.0 Å². The number of carbonyl (C=O) groups excluding carboxylic acids is 3. The van der Waals surface area contributed by atoms with Crippen molar-refractivity contribution in [1.29, 1.82) is 0 Å². The summed E-state index contributed by atoms with van der Waals surface area (Å²) in [4.78, 5) is 37.7. The normalized spacial score (nSPS) is 25.0. The van der Waals surface area contributed by atoms with Gasteiger partial charge >= 0.3 is 5.97 Å². The van der Waals surface area contributed by atoms with Crippen LogP contribution in [0.1, 0.15) is 25.3 Å². The highest BCUT2D eigenvalue weighted by Crippen LogP contribution is 2.47. The number of benzene rings is 1. The zero-order valence-electron chi connectivity index (χ0n) is 14.0. The Morgan fingerprint density at radius 2 is 2.24 bits per heavy atom. The molecule has 2 aliphatic rings. The largest absolute Gasteiger partial charge is 0.454 e. The van der Waals surface area contributed by atoms with Gasteiger partial charge in [-0.3, -0.25) is 9.59 Å². The van der Waals surface area contributed by atoms with Gasteiger partial charge in [-0.2, -0.15) is 0 Å². The van der Waals surface area contributed by atoms with Crippen LogP contribution in [0.15, 0.2) is 18.2 Å². The molecule has 0 saturated carbocycles. The second-order valence-electron chi connectivity index (χ2n) is 6.38. The number of nitrogens with zero attached hydrogens (tertiary/aromatic N) is 1. The van der Waals surface area contributed by atoms with Crippen molar-refractivity contribution in [2.24, 2.45) is 0 Å². The minimum absolute atomic E-state index is 0.0318. The third-order valence-corrected chi connectivity index (χ3v) is 6.27. The fourth-order valence-electron chi connectivity index (χ4n) is 3.18. The van der Waals surface area contributed by atoms with E-state index < -0.39 is 17.9 Å². The van der Waals surface area contributed by atoms with Gasteiger partial charge in [0.25, 0.3) is 5.91 Å². The summed E-state index contributed by atoms with van der Waals surface area (Å²) in [5, 5.41) is 3.27. The lowest BCUT2D eigenvalue weighted by Gasteiger charge is -2.29. The van der Waals surface area contributed by atoms with Gasteiger partial charge in [-0.1, -0.05) is 11.6 Å². The van der Waals surface area contributed by atoms with E-state index in [2.05, 4.69) is 5.32 Å². The number of ether oxygens (including phenoxy) is 1. The molecule has 0 unspecified atom stereocenters. The highest BCUT2D eigenvalue weighted by atomic mass is 35.5. The van der Waals surface area contributed by atoms with E-state index in [0.717, 1.165) is 12.0 Å². The molecule has 1 N–H and O–H groups in total. The molecule has 3 rings (SSSR count). The first-order chi connectivity index (χ1) is 11.8. The molecule has 0 bridgehead atoms. The zero-order chi connectivity index (χ0) is 18.2. The van der Waals surface area contributed by atoms with Gasteiger partial charge in [-0.05, 0) is 44.0 Å². The van der Waals surface area contributed by atoms with Crippen molar-refractivity contribution in [2.45, 2.75) is 37.6 Å². The number of rotatable bonds is 4. The first kappa shape index (κ1) is 18.1. The molecule has 25 heavy (non-hydrogen) atoms. The predicted octanol–water partition coefficient (Wildman–Crippen LogP) is 2.58. The van der Waals surface area contributed by atoms with E-state index in [4.69, 9.17) is 16.3 Å². The lowest BCUT2D eigenvalue weighted by Crippen LogP contribution is -2.47. The van der Waals surface area contributed by atoms with Gasteiger partial charge in [0.05, 0.1) is 4.87 Å².